The van der Waals surface area contributed by atoms with Crippen LogP contribution in [-0.4, -0.2) is 58.9 Å². The Labute approximate surface area is 165 Å². The van der Waals surface area contributed by atoms with E-state index >= 15 is 0 Å². The zero-order valence-corrected chi connectivity index (χ0v) is 16.5. The lowest BCUT2D eigenvalue weighted by molar-refractivity contribution is -0.130. The molecule has 2 aromatic rings. The average molecular weight is 382 g/mol. The molecule has 3 rings (SSSR count). The lowest BCUT2D eigenvalue weighted by Gasteiger charge is -2.34. The molecule has 28 heavy (non-hydrogen) atoms. The lowest BCUT2D eigenvalue weighted by atomic mass is 10.2. The van der Waals surface area contributed by atoms with E-state index in [1.165, 1.54) is 0 Å². The van der Waals surface area contributed by atoms with E-state index in [1.807, 2.05) is 38.1 Å². The summed E-state index contributed by atoms with van der Waals surface area (Å²) in [5, 5.41) is 3.26. The first-order chi connectivity index (χ1) is 13.4. The monoisotopic (exact) mass is 382 g/mol. The van der Waals surface area contributed by atoms with Crippen LogP contribution >= 0.6 is 0 Å². The first-order valence-electron chi connectivity index (χ1n) is 9.46. The summed E-state index contributed by atoms with van der Waals surface area (Å²) in [7, 11) is 0. The Morgan fingerprint density at radius 1 is 1.00 bits per heavy atom. The Bertz CT molecular complexity index is 828. The molecule has 1 aliphatic rings. The molecule has 7 heteroatoms. The number of hydrogen-bond donors (Lipinski definition) is 1. The minimum absolute atomic E-state index is 0.0461. The van der Waals surface area contributed by atoms with Crippen LogP contribution in [0, 0.1) is 0 Å². The molecule has 1 aromatic carbocycles. The van der Waals surface area contributed by atoms with Crippen molar-refractivity contribution < 1.29 is 14.3 Å². The van der Waals surface area contributed by atoms with E-state index in [9.17, 15) is 9.59 Å². The molecule has 1 fully saturated rings. The van der Waals surface area contributed by atoms with Gasteiger partial charge < -0.3 is 19.9 Å². The summed E-state index contributed by atoms with van der Waals surface area (Å²) in [5.41, 5.74) is 2.16. The number of aromatic nitrogens is 1. The van der Waals surface area contributed by atoms with Gasteiger partial charge in [0.05, 0.1) is 23.6 Å². The molecule has 148 valence electrons. The highest BCUT2D eigenvalue weighted by molar-refractivity contribution is 5.95. The van der Waals surface area contributed by atoms with Crippen LogP contribution in [0.15, 0.2) is 42.7 Å². The number of pyridine rings is 1. The third kappa shape index (κ3) is 5.00. The third-order valence-corrected chi connectivity index (χ3v) is 4.51. The molecule has 0 spiro atoms. The number of piperazine rings is 1. The fourth-order valence-electron chi connectivity index (χ4n) is 3.09. The van der Waals surface area contributed by atoms with Crippen LogP contribution in [0.2, 0.25) is 0 Å². The van der Waals surface area contributed by atoms with Gasteiger partial charge in [0.1, 0.15) is 5.75 Å². The van der Waals surface area contributed by atoms with Crippen molar-refractivity contribution in [1.29, 1.82) is 0 Å². The summed E-state index contributed by atoms with van der Waals surface area (Å²) in [6.45, 7) is 7.73. The number of ether oxygens (including phenoxy) is 1. The van der Waals surface area contributed by atoms with Crippen LogP contribution in [0.25, 0.3) is 0 Å². The van der Waals surface area contributed by atoms with Crippen LogP contribution in [-0.2, 0) is 4.79 Å². The quantitative estimate of drug-likeness (QED) is 0.861. The maximum Gasteiger partial charge on any atom is 0.255 e. The van der Waals surface area contributed by atoms with Crippen molar-refractivity contribution in [3.8, 4) is 5.75 Å². The van der Waals surface area contributed by atoms with Gasteiger partial charge in [0, 0.05) is 45.0 Å². The number of nitrogens with zero attached hydrogens (tertiary/aromatic N) is 3. The zero-order valence-electron chi connectivity index (χ0n) is 16.5. The fourth-order valence-corrected chi connectivity index (χ4v) is 3.09. The zero-order chi connectivity index (χ0) is 20.1. The van der Waals surface area contributed by atoms with Crippen molar-refractivity contribution in [3.63, 3.8) is 0 Å². The first-order valence-corrected chi connectivity index (χ1v) is 9.46. The smallest absolute Gasteiger partial charge is 0.255 e. The molecule has 0 atom stereocenters. The summed E-state index contributed by atoms with van der Waals surface area (Å²) >= 11 is 0. The Morgan fingerprint density at radius 2 is 1.64 bits per heavy atom. The summed E-state index contributed by atoms with van der Waals surface area (Å²) in [6.07, 6.45) is 3.39. The number of carbonyl (C=O) groups excluding carboxylic acids is 2. The van der Waals surface area contributed by atoms with Gasteiger partial charge in [-0.1, -0.05) is 0 Å². The molecule has 0 unspecified atom stereocenters. The van der Waals surface area contributed by atoms with Crippen molar-refractivity contribution >= 4 is 23.2 Å². The largest absolute Gasteiger partial charge is 0.491 e. The molecule has 0 saturated carbocycles. The van der Waals surface area contributed by atoms with E-state index in [1.54, 1.807) is 35.2 Å². The summed E-state index contributed by atoms with van der Waals surface area (Å²) in [6, 6.07) is 9.45. The van der Waals surface area contributed by atoms with Crippen LogP contribution in [0.4, 0.5) is 11.4 Å². The molecule has 0 radical (unpaired) electrons. The number of carbonyl (C=O) groups is 2. The Kier molecular flexibility index (Phi) is 6.13. The van der Waals surface area contributed by atoms with Gasteiger partial charge in [0.15, 0.2) is 0 Å². The molecular weight excluding hydrogens is 356 g/mol. The van der Waals surface area contributed by atoms with Gasteiger partial charge in [0.25, 0.3) is 5.91 Å². The molecule has 1 N–H and O–H groups in total. The van der Waals surface area contributed by atoms with E-state index < -0.39 is 0 Å². The van der Waals surface area contributed by atoms with Crippen molar-refractivity contribution in [2.75, 3.05) is 31.5 Å². The Balaban J connectivity index is 1.64. The normalized spacial score (nSPS) is 14.1. The standard InChI is InChI=1S/C21H26N4O3/c1-15(2)28-20-6-4-18(5-7-20)23-19-12-17(13-22-14-19)21(27)25-10-8-24(9-11-25)16(3)26/h4-7,12-15,23H,8-11H2,1-3H3. The van der Waals surface area contributed by atoms with Crippen LogP contribution < -0.4 is 10.1 Å². The van der Waals surface area contributed by atoms with E-state index in [0.717, 1.165) is 17.1 Å². The summed E-state index contributed by atoms with van der Waals surface area (Å²) in [5.74, 6) is 0.789. The third-order valence-electron chi connectivity index (χ3n) is 4.51. The Morgan fingerprint density at radius 3 is 2.25 bits per heavy atom. The highest BCUT2D eigenvalue weighted by atomic mass is 16.5. The maximum absolute atomic E-state index is 12.8. The minimum Gasteiger partial charge on any atom is -0.491 e. The van der Waals surface area contributed by atoms with Gasteiger partial charge in [-0.2, -0.15) is 0 Å². The van der Waals surface area contributed by atoms with E-state index in [4.69, 9.17) is 4.74 Å². The molecule has 2 amide bonds. The van der Waals surface area contributed by atoms with Crippen LogP contribution in [0.1, 0.15) is 31.1 Å². The van der Waals surface area contributed by atoms with Gasteiger partial charge in [-0.3, -0.25) is 14.6 Å². The lowest BCUT2D eigenvalue weighted by Crippen LogP contribution is -2.50. The van der Waals surface area contributed by atoms with Gasteiger partial charge in [-0.25, -0.2) is 0 Å². The highest BCUT2D eigenvalue weighted by Gasteiger charge is 2.23. The molecule has 1 saturated heterocycles. The molecule has 0 bridgehead atoms. The first kappa shape index (κ1) is 19.7. The number of benzene rings is 1. The molecule has 0 aliphatic carbocycles. The molecule has 1 aliphatic heterocycles. The fraction of sp³-hybridized carbons (Fsp3) is 0.381. The van der Waals surface area contributed by atoms with Crippen molar-refractivity contribution in [1.82, 2.24) is 14.8 Å². The number of anilines is 2. The van der Waals surface area contributed by atoms with E-state index in [-0.39, 0.29) is 17.9 Å². The summed E-state index contributed by atoms with van der Waals surface area (Å²) in [4.78, 5) is 31.9. The predicted molar refractivity (Wildman–Crippen MR) is 108 cm³/mol. The van der Waals surface area contributed by atoms with Crippen LogP contribution in [0.5, 0.6) is 5.75 Å². The number of nitrogens with one attached hydrogen (secondary N) is 1. The Hall–Kier alpha value is -3.09. The molecule has 2 heterocycles. The molecule has 7 nitrogen and oxygen atoms in total. The molecule has 1 aromatic heterocycles. The van der Waals surface area contributed by atoms with Crippen molar-refractivity contribution in [3.05, 3.63) is 48.3 Å². The van der Waals surface area contributed by atoms with Gasteiger partial charge >= 0.3 is 0 Å². The topological polar surface area (TPSA) is 74.8 Å². The second-order valence-electron chi connectivity index (χ2n) is 7.08. The minimum atomic E-state index is -0.0694. The van der Waals surface area contributed by atoms with E-state index in [2.05, 4.69) is 10.3 Å². The van der Waals surface area contributed by atoms with Gasteiger partial charge in [0.2, 0.25) is 5.91 Å². The number of rotatable bonds is 5. The van der Waals surface area contributed by atoms with Crippen molar-refractivity contribution in [2.45, 2.75) is 26.9 Å². The SMILES string of the molecule is CC(=O)N1CCN(C(=O)c2cncc(Nc3ccc(OC(C)C)cc3)c2)CC1. The summed E-state index contributed by atoms with van der Waals surface area (Å²) < 4.78 is 5.64. The predicted octanol–water partition coefficient (Wildman–Crippen LogP) is 2.92. The van der Waals surface area contributed by atoms with Gasteiger partial charge in [-0.15, -0.1) is 0 Å². The number of amides is 2. The second kappa shape index (κ2) is 8.73. The average Bonchev–Trinajstić information content (AvgIpc) is 2.69. The maximum atomic E-state index is 12.8. The van der Waals surface area contributed by atoms with Gasteiger partial charge in [-0.05, 0) is 44.2 Å². The van der Waals surface area contributed by atoms with Crippen molar-refractivity contribution in [2.24, 2.45) is 0 Å². The second-order valence-corrected chi connectivity index (χ2v) is 7.08. The van der Waals surface area contributed by atoms with Crippen LogP contribution in [0.3, 0.4) is 0 Å². The van der Waals surface area contributed by atoms with E-state index in [0.29, 0.717) is 31.7 Å². The number of hydrogen-bond acceptors (Lipinski definition) is 5. The molecular formula is C21H26N4O3. The highest BCUT2D eigenvalue weighted by Crippen LogP contribution is 2.21.